The van der Waals surface area contributed by atoms with Crippen LogP contribution in [-0.2, 0) is 4.79 Å². The van der Waals surface area contributed by atoms with E-state index in [0.717, 1.165) is 6.07 Å². The predicted molar refractivity (Wildman–Crippen MR) is 90.8 cm³/mol. The van der Waals surface area contributed by atoms with Crippen molar-refractivity contribution in [3.8, 4) is 0 Å². The summed E-state index contributed by atoms with van der Waals surface area (Å²) in [5.41, 5.74) is -0.450. The summed E-state index contributed by atoms with van der Waals surface area (Å²) in [7, 11) is 0. The van der Waals surface area contributed by atoms with Gasteiger partial charge in [0.25, 0.3) is 5.91 Å². The molecule has 0 radical (unpaired) electrons. The Labute approximate surface area is 152 Å². The summed E-state index contributed by atoms with van der Waals surface area (Å²) in [6, 6.07) is 1.64. The number of hydrogen-bond donors (Lipinski definition) is 1. The van der Waals surface area contributed by atoms with Gasteiger partial charge in [-0.25, -0.2) is 23.1 Å². The molecule has 1 N–H and O–H groups in total. The highest BCUT2D eigenvalue weighted by molar-refractivity contribution is 6.04. The Bertz CT molecular complexity index is 868. The molecule has 0 unspecified atom stereocenters. The number of aromatic nitrogens is 2. The third-order valence-electron chi connectivity index (χ3n) is 4.19. The first-order valence-electron chi connectivity index (χ1n) is 8.14. The number of hydrogen-bond acceptors (Lipinski definition) is 5. The standard InChI is InChI=1S/C17H16F3N5O2/c1-10(26)24-4-6-25(7-5-24)17-21-8-11(9-22-17)16(27)23-13-3-2-12(18)14(19)15(13)20/h2-3,8-9H,4-7H2,1H3,(H,23,27). The van der Waals surface area contributed by atoms with E-state index in [4.69, 9.17) is 0 Å². The number of benzene rings is 1. The van der Waals surface area contributed by atoms with Crippen LogP contribution in [-0.4, -0.2) is 52.9 Å². The van der Waals surface area contributed by atoms with Gasteiger partial charge in [-0.05, 0) is 12.1 Å². The summed E-state index contributed by atoms with van der Waals surface area (Å²) in [5.74, 6) is -4.84. The van der Waals surface area contributed by atoms with Gasteiger partial charge in [0.1, 0.15) is 0 Å². The van der Waals surface area contributed by atoms with Crippen LogP contribution in [0.5, 0.6) is 0 Å². The van der Waals surface area contributed by atoms with Gasteiger partial charge in [0, 0.05) is 45.5 Å². The number of anilines is 2. The lowest BCUT2D eigenvalue weighted by Crippen LogP contribution is -2.48. The SMILES string of the molecule is CC(=O)N1CCN(c2ncc(C(=O)Nc3ccc(F)c(F)c3F)cn2)CC1. The molecule has 2 aromatic rings. The molecule has 0 aliphatic carbocycles. The second-order valence-corrected chi connectivity index (χ2v) is 5.94. The molecular formula is C17H16F3N5O2. The van der Waals surface area contributed by atoms with Crippen LogP contribution in [0, 0.1) is 17.5 Å². The van der Waals surface area contributed by atoms with Crippen LogP contribution in [0.25, 0.3) is 0 Å². The zero-order chi connectivity index (χ0) is 19.6. The second kappa shape index (κ2) is 7.60. The third-order valence-corrected chi connectivity index (χ3v) is 4.19. The first kappa shape index (κ1) is 18.6. The van der Waals surface area contributed by atoms with E-state index in [0.29, 0.717) is 38.2 Å². The summed E-state index contributed by atoms with van der Waals surface area (Å²) in [6.45, 7) is 3.73. The van der Waals surface area contributed by atoms with E-state index < -0.39 is 29.0 Å². The molecule has 3 rings (SSSR count). The second-order valence-electron chi connectivity index (χ2n) is 5.94. The highest BCUT2D eigenvalue weighted by Crippen LogP contribution is 2.20. The molecule has 10 heteroatoms. The molecule has 1 saturated heterocycles. The molecule has 7 nitrogen and oxygen atoms in total. The molecule has 0 spiro atoms. The maximum atomic E-state index is 13.6. The van der Waals surface area contributed by atoms with E-state index in [1.54, 1.807) is 4.90 Å². The van der Waals surface area contributed by atoms with Crippen LogP contribution < -0.4 is 10.2 Å². The molecule has 0 atom stereocenters. The van der Waals surface area contributed by atoms with Crippen molar-refractivity contribution >= 4 is 23.5 Å². The lowest BCUT2D eigenvalue weighted by atomic mass is 10.2. The molecule has 1 aliphatic rings. The van der Waals surface area contributed by atoms with Crippen molar-refractivity contribution in [2.45, 2.75) is 6.92 Å². The van der Waals surface area contributed by atoms with Crippen LogP contribution in [0.15, 0.2) is 24.5 Å². The van der Waals surface area contributed by atoms with Gasteiger partial charge in [0.15, 0.2) is 17.5 Å². The Morgan fingerprint density at radius 1 is 1.00 bits per heavy atom. The maximum absolute atomic E-state index is 13.6. The Hall–Kier alpha value is -3.17. The summed E-state index contributed by atoms with van der Waals surface area (Å²) >= 11 is 0. The van der Waals surface area contributed by atoms with Crippen molar-refractivity contribution in [1.82, 2.24) is 14.9 Å². The molecule has 1 aromatic carbocycles. The fourth-order valence-electron chi connectivity index (χ4n) is 2.64. The molecule has 2 heterocycles. The van der Waals surface area contributed by atoms with Crippen LogP contribution >= 0.6 is 0 Å². The quantitative estimate of drug-likeness (QED) is 0.823. The molecule has 1 aliphatic heterocycles. The molecule has 0 saturated carbocycles. The number of carbonyl (C=O) groups excluding carboxylic acids is 2. The number of halogens is 3. The Balaban J connectivity index is 1.66. The van der Waals surface area contributed by atoms with Gasteiger partial charge in [0.2, 0.25) is 11.9 Å². The lowest BCUT2D eigenvalue weighted by Gasteiger charge is -2.34. The van der Waals surface area contributed by atoms with Crippen molar-refractivity contribution in [3.63, 3.8) is 0 Å². The van der Waals surface area contributed by atoms with Gasteiger partial charge in [-0.2, -0.15) is 0 Å². The van der Waals surface area contributed by atoms with E-state index in [1.807, 2.05) is 4.90 Å². The molecule has 2 amide bonds. The monoisotopic (exact) mass is 379 g/mol. The molecule has 1 fully saturated rings. The number of carbonyl (C=O) groups is 2. The highest BCUT2D eigenvalue weighted by Gasteiger charge is 2.21. The number of rotatable bonds is 3. The summed E-state index contributed by atoms with van der Waals surface area (Å²) in [6.07, 6.45) is 2.51. The molecule has 1 aromatic heterocycles. The summed E-state index contributed by atoms with van der Waals surface area (Å²) in [5, 5.41) is 2.15. The van der Waals surface area contributed by atoms with Crippen molar-refractivity contribution in [2.75, 3.05) is 36.4 Å². The third kappa shape index (κ3) is 3.99. The van der Waals surface area contributed by atoms with E-state index in [-0.39, 0.29) is 11.5 Å². The number of nitrogens with one attached hydrogen (secondary N) is 1. The van der Waals surface area contributed by atoms with Crippen molar-refractivity contribution < 1.29 is 22.8 Å². The lowest BCUT2D eigenvalue weighted by molar-refractivity contribution is -0.129. The highest BCUT2D eigenvalue weighted by atomic mass is 19.2. The van der Waals surface area contributed by atoms with E-state index in [1.165, 1.54) is 19.3 Å². The maximum Gasteiger partial charge on any atom is 0.258 e. The average Bonchev–Trinajstić information content (AvgIpc) is 2.68. The molecule has 27 heavy (non-hydrogen) atoms. The Morgan fingerprint density at radius 3 is 2.22 bits per heavy atom. The number of piperazine rings is 1. The van der Waals surface area contributed by atoms with Gasteiger partial charge >= 0.3 is 0 Å². The largest absolute Gasteiger partial charge is 0.339 e. The first-order chi connectivity index (χ1) is 12.9. The van der Waals surface area contributed by atoms with Crippen molar-refractivity contribution in [1.29, 1.82) is 0 Å². The van der Waals surface area contributed by atoms with E-state index in [9.17, 15) is 22.8 Å². The molecule has 0 bridgehead atoms. The van der Waals surface area contributed by atoms with E-state index in [2.05, 4.69) is 15.3 Å². The van der Waals surface area contributed by atoms with Crippen LogP contribution in [0.1, 0.15) is 17.3 Å². The van der Waals surface area contributed by atoms with Crippen molar-refractivity contribution in [3.05, 3.63) is 47.5 Å². The Morgan fingerprint density at radius 2 is 1.63 bits per heavy atom. The van der Waals surface area contributed by atoms with Gasteiger partial charge in [0.05, 0.1) is 11.3 Å². The minimum Gasteiger partial charge on any atom is -0.339 e. The summed E-state index contributed by atoms with van der Waals surface area (Å²) in [4.78, 5) is 35.3. The molecular weight excluding hydrogens is 363 g/mol. The summed E-state index contributed by atoms with van der Waals surface area (Å²) < 4.78 is 39.8. The van der Waals surface area contributed by atoms with Gasteiger partial charge in [-0.3, -0.25) is 9.59 Å². The topological polar surface area (TPSA) is 78.4 Å². The van der Waals surface area contributed by atoms with E-state index >= 15 is 0 Å². The number of nitrogens with zero attached hydrogens (tertiary/aromatic N) is 4. The fourth-order valence-corrected chi connectivity index (χ4v) is 2.64. The van der Waals surface area contributed by atoms with Gasteiger partial charge < -0.3 is 15.1 Å². The normalized spacial score (nSPS) is 14.2. The van der Waals surface area contributed by atoms with Crippen LogP contribution in [0.4, 0.5) is 24.8 Å². The predicted octanol–water partition coefficient (Wildman–Crippen LogP) is 1.81. The Kier molecular flexibility index (Phi) is 5.24. The number of amides is 2. The van der Waals surface area contributed by atoms with Crippen LogP contribution in [0.3, 0.4) is 0 Å². The minimum absolute atomic E-state index is 0.00653. The fraction of sp³-hybridized carbons (Fsp3) is 0.294. The molecule has 142 valence electrons. The van der Waals surface area contributed by atoms with Gasteiger partial charge in [-0.1, -0.05) is 0 Å². The zero-order valence-electron chi connectivity index (χ0n) is 14.4. The van der Waals surface area contributed by atoms with Gasteiger partial charge in [-0.15, -0.1) is 0 Å². The first-order valence-corrected chi connectivity index (χ1v) is 8.14. The van der Waals surface area contributed by atoms with Crippen molar-refractivity contribution in [2.24, 2.45) is 0 Å². The smallest absolute Gasteiger partial charge is 0.258 e. The van der Waals surface area contributed by atoms with Crippen LogP contribution in [0.2, 0.25) is 0 Å². The minimum atomic E-state index is -1.66. The average molecular weight is 379 g/mol. The zero-order valence-corrected chi connectivity index (χ0v) is 14.4.